The minimum Gasteiger partial charge on any atom is -0.465 e. The van der Waals surface area contributed by atoms with Crippen LogP contribution in [0, 0.1) is 0 Å². The number of hydrogen-bond donors (Lipinski definition) is 2. The van der Waals surface area contributed by atoms with Crippen LogP contribution < -0.4 is 11.1 Å². The summed E-state index contributed by atoms with van der Waals surface area (Å²) in [5.41, 5.74) is 6.31. The van der Waals surface area contributed by atoms with E-state index in [4.69, 9.17) is 5.73 Å². The van der Waals surface area contributed by atoms with Crippen molar-refractivity contribution in [3.05, 3.63) is 11.2 Å². The van der Waals surface area contributed by atoms with Crippen molar-refractivity contribution in [2.75, 3.05) is 24.7 Å². The fraction of sp³-hybridized carbons (Fsp3) is 0.300. The van der Waals surface area contributed by atoms with Crippen LogP contribution in [0.1, 0.15) is 16.6 Å². The molecule has 7 heteroatoms. The molecule has 0 amide bonds. The van der Waals surface area contributed by atoms with E-state index in [0.29, 0.717) is 26.6 Å². The maximum Gasteiger partial charge on any atom is 0.350 e. The number of fused-ring (bicyclic) bond motifs is 1. The Morgan fingerprint density at radius 3 is 3.00 bits per heavy atom. The van der Waals surface area contributed by atoms with E-state index < -0.39 is 5.97 Å². The molecule has 2 heterocycles. The number of rotatable bonds is 3. The van der Waals surface area contributed by atoms with Gasteiger partial charge < -0.3 is 15.8 Å². The van der Waals surface area contributed by atoms with Gasteiger partial charge in [0.05, 0.1) is 18.2 Å². The monoisotopic (exact) mass is 252 g/mol. The van der Waals surface area contributed by atoms with E-state index in [9.17, 15) is 4.79 Å². The molecule has 0 unspecified atom stereocenters. The lowest BCUT2D eigenvalue weighted by atomic mass is 10.3. The zero-order chi connectivity index (χ0) is 12.4. The third-order valence-corrected chi connectivity index (χ3v) is 3.33. The Kier molecular flexibility index (Phi) is 3.10. The molecule has 0 saturated heterocycles. The van der Waals surface area contributed by atoms with E-state index in [2.05, 4.69) is 20.0 Å². The second-order valence-electron chi connectivity index (χ2n) is 3.27. The van der Waals surface area contributed by atoms with E-state index in [1.54, 1.807) is 0 Å². The molecule has 0 saturated carbocycles. The molecule has 0 aliphatic heterocycles. The van der Waals surface area contributed by atoms with Gasteiger partial charge in [-0.05, 0) is 6.92 Å². The lowest BCUT2D eigenvalue weighted by molar-refractivity contribution is 0.0607. The number of carbonyl (C=O) groups is 1. The van der Waals surface area contributed by atoms with Crippen LogP contribution in [0.3, 0.4) is 0 Å². The van der Waals surface area contributed by atoms with Gasteiger partial charge in [0, 0.05) is 6.54 Å². The predicted octanol–water partition coefficient (Wildman–Crippen LogP) is 1.49. The van der Waals surface area contributed by atoms with Crippen LogP contribution in [0.2, 0.25) is 0 Å². The van der Waals surface area contributed by atoms with Gasteiger partial charge in [0.15, 0.2) is 0 Å². The van der Waals surface area contributed by atoms with Crippen molar-refractivity contribution in [2.45, 2.75) is 6.92 Å². The lowest BCUT2D eigenvalue weighted by Gasteiger charge is -2.03. The Balaban J connectivity index is 2.65. The molecule has 0 aromatic carbocycles. The minimum absolute atomic E-state index is 0.363. The quantitative estimate of drug-likeness (QED) is 0.804. The maximum absolute atomic E-state index is 11.5. The predicted molar refractivity (Wildman–Crippen MR) is 67.3 cm³/mol. The number of methoxy groups -OCH3 is 1. The molecule has 17 heavy (non-hydrogen) atoms. The fourth-order valence-electron chi connectivity index (χ4n) is 1.50. The number of thiophene rings is 1. The molecule has 2 aromatic heterocycles. The summed E-state index contributed by atoms with van der Waals surface area (Å²) in [6, 6.07) is 0. The molecule has 2 rings (SSSR count). The SMILES string of the molecule is CCNc1ncnc2sc(C(=O)OC)c(N)c12. The zero-order valence-electron chi connectivity index (χ0n) is 9.48. The van der Waals surface area contributed by atoms with Gasteiger partial charge in [-0.2, -0.15) is 0 Å². The van der Waals surface area contributed by atoms with Crippen molar-refractivity contribution in [3.63, 3.8) is 0 Å². The molecule has 0 fully saturated rings. The van der Waals surface area contributed by atoms with Crippen LogP contribution >= 0.6 is 11.3 Å². The third-order valence-electron chi connectivity index (χ3n) is 2.24. The van der Waals surface area contributed by atoms with Gasteiger partial charge in [0.2, 0.25) is 0 Å². The first-order valence-corrected chi connectivity index (χ1v) is 5.85. The Hall–Kier alpha value is -1.89. The van der Waals surface area contributed by atoms with Gasteiger partial charge >= 0.3 is 5.97 Å². The maximum atomic E-state index is 11.5. The van der Waals surface area contributed by atoms with Crippen LogP contribution in [-0.4, -0.2) is 29.6 Å². The number of ether oxygens (including phenoxy) is 1. The van der Waals surface area contributed by atoms with Crippen LogP contribution in [0.5, 0.6) is 0 Å². The second-order valence-corrected chi connectivity index (χ2v) is 4.27. The third kappa shape index (κ3) is 1.89. The Labute approximate surface area is 102 Å². The van der Waals surface area contributed by atoms with Gasteiger partial charge in [-0.15, -0.1) is 11.3 Å². The molecule has 0 radical (unpaired) electrons. The standard InChI is InChI=1S/C10H12N4O2S/c1-3-12-8-5-6(11)7(10(15)16-2)17-9(5)14-4-13-8/h4H,3,11H2,1-2H3,(H,12,13,14). The summed E-state index contributed by atoms with van der Waals surface area (Å²) >= 11 is 1.21. The summed E-state index contributed by atoms with van der Waals surface area (Å²) in [5, 5.41) is 3.77. The molecule has 0 spiro atoms. The van der Waals surface area contributed by atoms with Crippen LogP contribution in [0.25, 0.3) is 10.2 Å². The van der Waals surface area contributed by atoms with Gasteiger partial charge in [-0.3, -0.25) is 0 Å². The van der Waals surface area contributed by atoms with Crippen molar-refractivity contribution in [1.29, 1.82) is 0 Å². The number of esters is 1. The highest BCUT2D eigenvalue weighted by Gasteiger charge is 2.20. The van der Waals surface area contributed by atoms with Crippen molar-refractivity contribution < 1.29 is 9.53 Å². The molecule has 0 aliphatic rings. The number of carbonyl (C=O) groups excluding carboxylic acids is 1. The number of nitrogens with zero attached hydrogens (tertiary/aromatic N) is 2. The molecular formula is C10H12N4O2S. The summed E-state index contributed by atoms with van der Waals surface area (Å²) in [6.45, 7) is 2.67. The summed E-state index contributed by atoms with van der Waals surface area (Å²) in [7, 11) is 1.32. The number of nitrogens with two attached hydrogens (primary N) is 1. The van der Waals surface area contributed by atoms with E-state index in [0.717, 1.165) is 6.54 Å². The molecule has 6 nitrogen and oxygen atoms in total. The van der Waals surface area contributed by atoms with Crippen LogP contribution in [-0.2, 0) is 4.74 Å². The molecule has 0 bridgehead atoms. The van der Waals surface area contributed by atoms with Gasteiger partial charge in [0.1, 0.15) is 21.9 Å². The van der Waals surface area contributed by atoms with Gasteiger partial charge in [-0.25, -0.2) is 14.8 Å². The largest absolute Gasteiger partial charge is 0.465 e. The van der Waals surface area contributed by atoms with E-state index in [1.165, 1.54) is 24.8 Å². The Morgan fingerprint density at radius 2 is 2.35 bits per heavy atom. The average molecular weight is 252 g/mol. The molecule has 0 aliphatic carbocycles. The first-order valence-electron chi connectivity index (χ1n) is 5.04. The number of hydrogen-bond acceptors (Lipinski definition) is 7. The highest BCUT2D eigenvalue weighted by molar-refractivity contribution is 7.21. The molecule has 3 N–H and O–H groups in total. The zero-order valence-corrected chi connectivity index (χ0v) is 10.3. The minimum atomic E-state index is -0.451. The van der Waals surface area contributed by atoms with Gasteiger partial charge in [0.25, 0.3) is 0 Å². The summed E-state index contributed by atoms with van der Waals surface area (Å²) in [4.78, 5) is 20.8. The average Bonchev–Trinajstić information content (AvgIpc) is 2.67. The Morgan fingerprint density at radius 1 is 1.59 bits per heavy atom. The molecule has 90 valence electrons. The summed E-state index contributed by atoms with van der Waals surface area (Å²) in [5.74, 6) is 0.189. The van der Waals surface area contributed by atoms with Crippen LogP contribution in [0.15, 0.2) is 6.33 Å². The van der Waals surface area contributed by atoms with Crippen LogP contribution in [0.4, 0.5) is 11.5 Å². The first-order chi connectivity index (χ1) is 8.19. The van der Waals surface area contributed by atoms with E-state index in [1.807, 2.05) is 6.92 Å². The van der Waals surface area contributed by atoms with Gasteiger partial charge in [-0.1, -0.05) is 0 Å². The number of nitrogens with one attached hydrogen (secondary N) is 1. The number of anilines is 2. The number of aromatic nitrogens is 2. The van der Waals surface area contributed by atoms with E-state index in [-0.39, 0.29) is 0 Å². The highest BCUT2D eigenvalue weighted by Crippen LogP contribution is 2.36. The van der Waals surface area contributed by atoms with Crippen molar-refractivity contribution in [3.8, 4) is 0 Å². The van der Waals surface area contributed by atoms with Crippen molar-refractivity contribution in [2.24, 2.45) is 0 Å². The topological polar surface area (TPSA) is 90.1 Å². The normalized spacial score (nSPS) is 10.5. The van der Waals surface area contributed by atoms with Crippen molar-refractivity contribution in [1.82, 2.24) is 9.97 Å². The molecular weight excluding hydrogens is 240 g/mol. The first kappa shape index (κ1) is 11.6. The fourth-order valence-corrected chi connectivity index (χ4v) is 2.48. The highest BCUT2D eigenvalue weighted by atomic mass is 32.1. The Bertz CT molecular complexity index is 567. The smallest absolute Gasteiger partial charge is 0.350 e. The second kappa shape index (κ2) is 4.54. The summed E-state index contributed by atoms with van der Waals surface area (Å²) in [6.07, 6.45) is 1.44. The van der Waals surface area contributed by atoms with E-state index >= 15 is 0 Å². The number of nitrogen functional groups attached to an aromatic ring is 1. The van der Waals surface area contributed by atoms with Crippen molar-refractivity contribution >= 4 is 39.0 Å². The molecule has 2 aromatic rings. The summed E-state index contributed by atoms with van der Waals surface area (Å²) < 4.78 is 4.67. The lowest BCUT2D eigenvalue weighted by Crippen LogP contribution is -2.03. The molecule has 0 atom stereocenters.